The summed E-state index contributed by atoms with van der Waals surface area (Å²) in [6.07, 6.45) is 6.61. The minimum absolute atomic E-state index is 0.215. The lowest BCUT2D eigenvalue weighted by molar-refractivity contribution is 0.0927. The maximum Gasteiger partial charge on any atom is 0.287 e. The van der Waals surface area contributed by atoms with Crippen LogP contribution in [0, 0.1) is 0 Å². The predicted molar refractivity (Wildman–Crippen MR) is 99.2 cm³/mol. The van der Waals surface area contributed by atoms with Gasteiger partial charge in [-0.1, -0.05) is 0 Å². The van der Waals surface area contributed by atoms with E-state index in [1.54, 1.807) is 12.1 Å². The molecule has 0 spiro atoms. The number of hydrogen-bond acceptors (Lipinski definition) is 4. The fourth-order valence-corrected chi connectivity index (χ4v) is 3.13. The molecule has 140 valence electrons. The molecule has 2 N–H and O–H groups in total. The van der Waals surface area contributed by atoms with Crippen molar-refractivity contribution in [3.8, 4) is 0 Å². The Balaban J connectivity index is 1.51. The first-order valence-electron chi connectivity index (χ1n) is 9.01. The van der Waals surface area contributed by atoms with Crippen molar-refractivity contribution in [2.24, 2.45) is 12.0 Å². The molecule has 1 aliphatic rings. The van der Waals surface area contributed by atoms with Crippen LogP contribution in [0.15, 0.2) is 40.2 Å². The molecule has 1 saturated heterocycles. The summed E-state index contributed by atoms with van der Waals surface area (Å²) in [4.78, 5) is 18.8. The third kappa shape index (κ3) is 4.44. The summed E-state index contributed by atoms with van der Waals surface area (Å²) in [5, 5.41) is 10.4. The standard InChI is InChI=1S/C18H26N6O2/c1-3-19-18(21-8-7-20-17(25)16-5-4-10-26-16)24-9-6-14(13-24)15-11-22-23(2)12-15/h4-5,10-12,14H,3,6-9,13H2,1-2H3,(H,19,21)(H,20,25). The van der Waals surface area contributed by atoms with Gasteiger partial charge in [-0.2, -0.15) is 5.10 Å². The quantitative estimate of drug-likeness (QED) is 0.460. The Hall–Kier alpha value is -2.77. The van der Waals surface area contributed by atoms with E-state index in [0.717, 1.165) is 32.0 Å². The first-order valence-corrected chi connectivity index (χ1v) is 9.01. The molecule has 1 aliphatic heterocycles. The first kappa shape index (κ1) is 18.0. The summed E-state index contributed by atoms with van der Waals surface area (Å²) in [5.41, 5.74) is 1.27. The van der Waals surface area contributed by atoms with Crippen LogP contribution >= 0.6 is 0 Å². The number of amides is 1. The Bertz CT molecular complexity index is 737. The molecule has 0 bridgehead atoms. The number of nitrogens with zero attached hydrogens (tertiary/aromatic N) is 4. The van der Waals surface area contributed by atoms with Gasteiger partial charge < -0.3 is 20.0 Å². The number of guanidine groups is 1. The number of hydrogen-bond donors (Lipinski definition) is 2. The van der Waals surface area contributed by atoms with E-state index in [4.69, 9.17) is 4.42 Å². The summed E-state index contributed by atoms with van der Waals surface area (Å²) in [7, 11) is 1.94. The maximum absolute atomic E-state index is 11.8. The normalized spacial score (nSPS) is 17.5. The molecule has 8 heteroatoms. The van der Waals surface area contributed by atoms with Crippen LogP contribution < -0.4 is 10.6 Å². The van der Waals surface area contributed by atoms with Crippen LogP contribution in [0.5, 0.6) is 0 Å². The van der Waals surface area contributed by atoms with E-state index >= 15 is 0 Å². The monoisotopic (exact) mass is 358 g/mol. The molecule has 1 fully saturated rings. The number of carbonyl (C=O) groups is 1. The third-order valence-corrected chi connectivity index (χ3v) is 4.42. The van der Waals surface area contributed by atoms with Crippen molar-refractivity contribution in [2.75, 3.05) is 32.7 Å². The molecule has 0 aromatic carbocycles. The molecule has 1 unspecified atom stereocenters. The van der Waals surface area contributed by atoms with Crippen LogP contribution in [0.1, 0.15) is 35.4 Å². The van der Waals surface area contributed by atoms with E-state index in [-0.39, 0.29) is 5.91 Å². The lowest BCUT2D eigenvalue weighted by Crippen LogP contribution is -2.40. The van der Waals surface area contributed by atoms with E-state index in [2.05, 4.69) is 38.7 Å². The average Bonchev–Trinajstić information content (AvgIpc) is 3.38. The number of aliphatic imine (C=N–C) groups is 1. The molecular weight excluding hydrogens is 332 g/mol. The second kappa shape index (κ2) is 8.55. The number of aromatic nitrogens is 2. The van der Waals surface area contributed by atoms with Crippen molar-refractivity contribution < 1.29 is 9.21 Å². The van der Waals surface area contributed by atoms with Gasteiger partial charge in [-0.05, 0) is 31.0 Å². The van der Waals surface area contributed by atoms with E-state index in [1.807, 2.05) is 17.9 Å². The van der Waals surface area contributed by atoms with Gasteiger partial charge in [0.15, 0.2) is 11.7 Å². The largest absolute Gasteiger partial charge is 0.459 e. The van der Waals surface area contributed by atoms with Crippen LogP contribution in [0.4, 0.5) is 0 Å². The molecule has 1 amide bonds. The molecule has 2 aromatic heterocycles. The summed E-state index contributed by atoms with van der Waals surface area (Å²) < 4.78 is 6.92. The Morgan fingerprint density at radius 3 is 3.04 bits per heavy atom. The first-order chi connectivity index (χ1) is 12.7. The van der Waals surface area contributed by atoms with Gasteiger partial charge in [0.25, 0.3) is 5.91 Å². The van der Waals surface area contributed by atoms with Crippen molar-refractivity contribution >= 4 is 11.9 Å². The lowest BCUT2D eigenvalue weighted by Gasteiger charge is -2.21. The van der Waals surface area contributed by atoms with E-state index in [0.29, 0.717) is 24.8 Å². The number of furan rings is 1. The van der Waals surface area contributed by atoms with Gasteiger partial charge in [0.1, 0.15) is 0 Å². The van der Waals surface area contributed by atoms with Crippen LogP contribution in [-0.4, -0.2) is 59.3 Å². The molecule has 3 heterocycles. The van der Waals surface area contributed by atoms with Gasteiger partial charge in [0.05, 0.1) is 19.0 Å². The Morgan fingerprint density at radius 1 is 1.46 bits per heavy atom. The topological polar surface area (TPSA) is 87.7 Å². The zero-order valence-corrected chi connectivity index (χ0v) is 15.3. The zero-order chi connectivity index (χ0) is 18.4. The minimum Gasteiger partial charge on any atom is -0.459 e. The molecule has 3 rings (SSSR count). The minimum atomic E-state index is -0.215. The number of likely N-dealkylation sites (tertiary alicyclic amines) is 1. The average molecular weight is 358 g/mol. The molecular formula is C18H26N6O2. The number of carbonyl (C=O) groups excluding carboxylic acids is 1. The van der Waals surface area contributed by atoms with E-state index < -0.39 is 0 Å². The van der Waals surface area contributed by atoms with Crippen molar-refractivity contribution in [1.29, 1.82) is 0 Å². The van der Waals surface area contributed by atoms with Gasteiger partial charge in [-0.3, -0.25) is 14.5 Å². The van der Waals surface area contributed by atoms with Crippen molar-refractivity contribution in [1.82, 2.24) is 25.3 Å². The molecule has 0 radical (unpaired) electrons. The molecule has 2 aromatic rings. The Labute approximate surface area is 153 Å². The fraction of sp³-hybridized carbons (Fsp3) is 0.500. The zero-order valence-electron chi connectivity index (χ0n) is 15.3. The van der Waals surface area contributed by atoms with Crippen LogP contribution in [0.2, 0.25) is 0 Å². The predicted octanol–water partition coefficient (Wildman–Crippen LogP) is 1.20. The summed E-state index contributed by atoms with van der Waals surface area (Å²) in [6.45, 7) is 5.74. The van der Waals surface area contributed by atoms with Crippen LogP contribution in [0.3, 0.4) is 0 Å². The van der Waals surface area contributed by atoms with E-state index in [9.17, 15) is 4.79 Å². The van der Waals surface area contributed by atoms with Crippen molar-refractivity contribution in [3.05, 3.63) is 42.1 Å². The molecule has 0 saturated carbocycles. The van der Waals surface area contributed by atoms with Crippen LogP contribution in [0.25, 0.3) is 0 Å². The van der Waals surface area contributed by atoms with Gasteiger partial charge in [-0.25, -0.2) is 0 Å². The fourth-order valence-electron chi connectivity index (χ4n) is 3.13. The highest BCUT2D eigenvalue weighted by molar-refractivity contribution is 5.91. The lowest BCUT2D eigenvalue weighted by atomic mass is 10.0. The highest BCUT2D eigenvalue weighted by Gasteiger charge is 2.26. The smallest absolute Gasteiger partial charge is 0.287 e. The van der Waals surface area contributed by atoms with Gasteiger partial charge in [0, 0.05) is 45.3 Å². The van der Waals surface area contributed by atoms with Gasteiger partial charge in [0.2, 0.25) is 0 Å². The SMILES string of the molecule is CCNC(=NCCNC(=O)c1ccco1)N1CCC(c2cnn(C)c2)C1. The molecule has 26 heavy (non-hydrogen) atoms. The number of nitrogens with one attached hydrogen (secondary N) is 2. The number of aryl methyl sites for hydroxylation is 1. The Morgan fingerprint density at radius 2 is 2.35 bits per heavy atom. The van der Waals surface area contributed by atoms with E-state index in [1.165, 1.54) is 11.8 Å². The summed E-state index contributed by atoms with van der Waals surface area (Å²) >= 11 is 0. The van der Waals surface area contributed by atoms with Gasteiger partial charge in [-0.15, -0.1) is 0 Å². The maximum atomic E-state index is 11.8. The summed E-state index contributed by atoms with van der Waals surface area (Å²) in [5.74, 6) is 1.48. The summed E-state index contributed by atoms with van der Waals surface area (Å²) in [6, 6.07) is 3.34. The second-order valence-electron chi connectivity index (χ2n) is 6.35. The highest BCUT2D eigenvalue weighted by atomic mass is 16.3. The Kier molecular flexibility index (Phi) is 5.93. The highest BCUT2D eigenvalue weighted by Crippen LogP contribution is 2.26. The molecule has 0 aliphatic carbocycles. The van der Waals surface area contributed by atoms with Gasteiger partial charge >= 0.3 is 0 Å². The second-order valence-corrected chi connectivity index (χ2v) is 6.35. The van der Waals surface area contributed by atoms with Crippen molar-refractivity contribution in [3.63, 3.8) is 0 Å². The number of rotatable bonds is 6. The van der Waals surface area contributed by atoms with Crippen molar-refractivity contribution in [2.45, 2.75) is 19.3 Å². The molecule has 8 nitrogen and oxygen atoms in total. The third-order valence-electron chi connectivity index (χ3n) is 4.42. The molecule has 1 atom stereocenters. The van der Waals surface area contributed by atoms with Crippen LogP contribution in [-0.2, 0) is 7.05 Å².